The van der Waals surface area contributed by atoms with Crippen LogP contribution in [0.25, 0.3) is 0 Å². The summed E-state index contributed by atoms with van der Waals surface area (Å²) in [6.07, 6.45) is -1.86. The molecular weight excluding hydrogens is 218 g/mol. The Balaban J connectivity index is 3.35. The van der Waals surface area contributed by atoms with Crippen molar-refractivity contribution in [2.24, 2.45) is 0 Å². The van der Waals surface area contributed by atoms with Gasteiger partial charge >= 0.3 is 0 Å². The Morgan fingerprint density at radius 2 is 2.29 bits per heavy atom. The summed E-state index contributed by atoms with van der Waals surface area (Å²) >= 11 is 5.33. The molecule has 0 aromatic carbocycles. The molecule has 0 N–H and O–H groups in total. The van der Waals surface area contributed by atoms with E-state index in [0.717, 1.165) is 12.3 Å². The maximum absolute atomic E-state index is 12.4. The minimum Gasteiger partial charge on any atom is -0.259 e. The summed E-state index contributed by atoms with van der Waals surface area (Å²) in [6.45, 7) is 0. The second kappa shape index (κ2) is 4.28. The van der Waals surface area contributed by atoms with E-state index in [0.29, 0.717) is 0 Å². The molecule has 0 aliphatic rings. The first kappa shape index (κ1) is 10.8. The lowest BCUT2D eigenvalue weighted by Crippen LogP contribution is -2.02. The molecule has 0 bridgehead atoms. The predicted molar refractivity (Wildman–Crippen MR) is 45.4 cm³/mol. The average molecular weight is 223 g/mol. The fourth-order valence-electron chi connectivity index (χ4n) is 1.01. The van der Waals surface area contributed by atoms with Crippen LogP contribution in [0.15, 0.2) is 12.3 Å². The zero-order valence-corrected chi connectivity index (χ0v) is 7.54. The fraction of sp³-hybridized carbons (Fsp3) is 0.286. The second-order valence-electron chi connectivity index (χ2n) is 2.38. The maximum atomic E-state index is 12.4. The second-order valence-corrected chi connectivity index (χ2v) is 2.65. The van der Waals surface area contributed by atoms with Crippen molar-refractivity contribution < 1.29 is 13.7 Å². The quantitative estimate of drug-likeness (QED) is 0.449. The highest BCUT2D eigenvalue weighted by molar-refractivity contribution is 6.17. The van der Waals surface area contributed by atoms with Crippen LogP contribution >= 0.6 is 11.6 Å². The Morgan fingerprint density at radius 3 is 2.71 bits per heavy atom. The number of halogens is 3. The molecule has 0 aliphatic carbocycles. The van der Waals surface area contributed by atoms with Crippen molar-refractivity contribution in [3.63, 3.8) is 0 Å². The van der Waals surface area contributed by atoms with Crippen LogP contribution in [0.1, 0.15) is 17.7 Å². The molecule has 0 spiro atoms. The van der Waals surface area contributed by atoms with Gasteiger partial charge in [-0.2, -0.15) is 0 Å². The van der Waals surface area contributed by atoms with E-state index in [4.69, 9.17) is 11.6 Å². The molecule has 0 radical (unpaired) electrons. The number of aromatic nitrogens is 1. The van der Waals surface area contributed by atoms with Crippen LogP contribution in [0.4, 0.5) is 14.5 Å². The van der Waals surface area contributed by atoms with E-state index in [1.54, 1.807) is 0 Å². The molecule has 0 amide bonds. The molecule has 4 nitrogen and oxygen atoms in total. The van der Waals surface area contributed by atoms with Gasteiger partial charge in [-0.1, -0.05) is 0 Å². The number of pyridine rings is 1. The third-order valence-corrected chi connectivity index (χ3v) is 1.84. The molecule has 0 fully saturated rings. The van der Waals surface area contributed by atoms with Gasteiger partial charge in [-0.3, -0.25) is 15.1 Å². The van der Waals surface area contributed by atoms with Crippen LogP contribution in [-0.4, -0.2) is 9.91 Å². The van der Waals surface area contributed by atoms with Crippen molar-refractivity contribution in [1.29, 1.82) is 0 Å². The smallest absolute Gasteiger partial charge is 0.259 e. The number of hydrogen-bond acceptors (Lipinski definition) is 3. The van der Waals surface area contributed by atoms with Crippen LogP contribution in [-0.2, 0) is 5.88 Å². The van der Waals surface area contributed by atoms with E-state index >= 15 is 0 Å². The summed E-state index contributed by atoms with van der Waals surface area (Å²) in [6, 6.07) is 0.928. The lowest BCUT2D eigenvalue weighted by atomic mass is 10.2. The molecule has 0 atom stereocenters. The molecule has 0 aliphatic heterocycles. The zero-order chi connectivity index (χ0) is 10.7. The van der Waals surface area contributed by atoms with E-state index < -0.39 is 22.6 Å². The average Bonchev–Trinajstić information content (AvgIpc) is 2.16. The first-order valence-corrected chi connectivity index (χ1v) is 4.07. The molecule has 1 aromatic rings. The van der Waals surface area contributed by atoms with Crippen LogP contribution in [0.5, 0.6) is 0 Å². The van der Waals surface area contributed by atoms with E-state index in [9.17, 15) is 18.9 Å². The van der Waals surface area contributed by atoms with Gasteiger partial charge in [-0.15, -0.1) is 11.6 Å². The van der Waals surface area contributed by atoms with Gasteiger partial charge in [0.15, 0.2) is 0 Å². The van der Waals surface area contributed by atoms with E-state index in [2.05, 4.69) is 4.98 Å². The lowest BCUT2D eigenvalue weighted by molar-refractivity contribution is -0.386. The molecular formula is C7H5ClF2N2O2. The highest BCUT2D eigenvalue weighted by Crippen LogP contribution is 2.31. The number of nitrogens with zero attached hydrogens (tertiary/aromatic N) is 2. The normalized spacial score (nSPS) is 10.6. The highest BCUT2D eigenvalue weighted by atomic mass is 35.5. The van der Waals surface area contributed by atoms with Crippen LogP contribution in [0, 0.1) is 10.1 Å². The van der Waals surface area contributed by atoms with Gasteiger partial charge in [-0.25, -0.2) is 8.78 Å². The lowest BCUT2D eigenvalue weighted by Gasteiger charge is -2.04. The highest BCUT2D eigenvalue weighted by Gasteiger charge is 2.25. The van der Waals surface area contributed by atoms with Gasteiger partial charge in [0.05, 0.1) is 16.5 Å². The fourth-order valence-corrected chi connectivity index (χ4v) is 1.22. The minimum atomic E-state index is -2.95. The Bertz CT molecular complexity index is 360. The van der Waals surface area contributed by atoms with Crippen molar-refractivity contribution in [2.75, 3.05) is 0 Å². The number of nitro groups is 1. The van der Waals surface area contributed by atoms with Gasteiger partial charge in [0, 0.05) is 12.3 Å². The number of rotatable bonds is 3. The van der Waals surface area contributed by atoms with Crippen molar-refractivity contribution >= 4 is 17.3 Å². The first-order chi connectivity index (χ1) is 6.57. The molecule has 76 valence electrons. The molecule has 7 heteroatoms. The molecule has 0 unspecified atom stereocenters. The van der Waals surface area contributed by atoms with Gasteiger partial charge in [0.25, 0.3) is 12.1 Å². The molecule has 1 rings (SSSR count). The predicted octanol–water partition coefficient (Wildman–Crippen LogP) is 2.67. The summed E-state index contributed by atoms with van der Waals surface area (Å²) in [5, 5.41) is 10.4. The van der Waals surface area contributed by atoms with Crippen LogP contribution in [0.3, 0.4) is 0 Å². The first-order valence-electron chi connectivity index (χ1n) is 3.54. The number of hydrogen-bond donors (Lipinski definition) is 0. The molecule has 14 heavy (non-hydrogen) atoms. The third kappa shape index (κ3) is 1.95. The Labute approximate surface area is 82.7 Å². The Hall–Kier alpha value is -1.30. The van der Waals surface area contributed by atoms with E-state index in [-0.39, 0.29) is 11.6 Å². The third-order valence-electron chi connectivity index (χ3n) is 1.59. The topological polar surface area (TPSA) is 56.0 Å². The van der Waals surface area contributed by atoms with Crippen LogP contribution in [0.2, 0.25) is 0 Å². The summed E-state index contributed by atoms with van der Waals surface area (Å²) < 4.78 is 24.9. The van der Waals surface area contributed by atoms with Gasteiger partial charge in [0.2, 0.25) is 0 Å². The monoisotopic (exact) mass is 222 g/mol. The minimum absolute atomic E-state index is 0.157. The Kier molecular flexibility index (Phi) is 3.29. The summed E-state index contributed by atoms with van der Waals surface area (Å²) in [4.78, 5) is 13.1. The molecule has 0 saturated heterocycles. The Morgan fingerprint density at radius 1 is 1.64 bits per heavy atom. The van der Waals surface area contributed by atoms with Gasteiger partial charge in [-0.05, 0) is 0 Å². The van der Waals surface area contributed by atoms with E-state index in [1.165, 1.54) is 0 Å². The largest absolute Gasteiger partial charge is 0.281 e. The summed E-state index contributed by atoms with van der Waals surface area (Å²) in [5.41, 5.74) is -1.51. The van der Waals surface area contributed by atoms with E-state index in [1.807, 2.05) is 0 Å². The van der Waals surface area contributed by atoms with Crippen molar-refractivity contribution in [3.8, 4) is 0 Å². The molecule has 0 saturated carbocycles. The van der Waals surface area contributed by atoms with Crippen molar-refractivity contribution in [1.82, 2.24) is 4.98 Å². The van der Waals surface area contributed by atoms with Crippen molar-refractivity contribution in [3.05, 3.63) is 33.6 Å². The summed E-state index contributed by atoms with van der Waals surface area (Å²) in [7, 11) is 0. The molecule has 1 aromatic heterocycles. The van der Waals surface area contributed by atoms with Crippen LogP contribution < -0.4 is 0 Å². The van der Waals surface area contributed by atoms with Crippen molar-refractivity contribution in [2.45, 2.75) is 12.3 Å². The standard InChI is InChI=1S/C7H5ClF2N2O2/c8-3-4-6(7(9)10)5(12(13)14)1-2-11-4/h1-2,7H,3H2. The summed E-state index contributed by atoms with van der Waals surface area (Å²) in [5.74, 6) is -0.276. The van der Waals surface area contributed by atoms with Gasteiger partial charge in [0.1, 0.15) is 5.56 Å². The number of alkyl halides is 3. The maximum Gasteiger partial charge on any atom is 0.281 e. The van der Waals surface area contributed by atoms with Gasteiger partial charge < -0.3 is 0 Å². The zero-order valence-electron chi connectivity index (χ0n) is 6.78. The SMILES string of the molecule is O=[N+]([O-])c1ccnc(CCl)c1C(F)F. The molecule has 1 heterocycles.